The van der Waals surface area contributed by atoms with Gasteiger partial charge in [0.25, 0.3) is 0 Å². The molecule has 4 nitrogen and oxygen atoms in total. The summed E-state index contributed by atoms with van der Waals surface area (Å²) < 4.78 is 11.9. The van der Waals surface area contributed by atoms with Crippen LogP contribution < -0.4 is 10.5 Å². The topological polar surface area (TPSA) is 47.7 Å². The van der Waals surface area contributed by atoms with Gasteiger partial charge in [0.1, 0.15) is 12.4 Å². The highest BCUT2D eigenvalue weighted by Crippen LogP contribution is 2.22. The highest BCUT2D eigenvalue weighted by Gasteiger charge is 2.09. The summed E-state index contributed by atoms with van der Waals surface area (Å²) >= 11 is 3.39. The molecule has 94 valence electrons. The van der Waals surface area contributed by atoms with Gasteiger partial charge in [0.15, 0.2) is 0 Å². The van der Waals surface area contributed by atoms with E-state index in [1.807, 2.05) is 18.2 Å². The van der Waals surface area contributed by atoms with E-state index < -0.39 is 0 Å². The zero-order chi connectivity index (χ0) is 12.1. The van der Waals surface area contributed by atoms with Crippen molar-refractivity contribution in [2.24, 2.45) is 0 Å². The number of nitrogens with zero attached hydrogens (tertiary/aromatic N) is 1. The van der Waals surface area contributed by atoms with E-state index in [9.17, 15) is 0 Å². The van der Waals surface area contributed by atoms with E-state index in [0.717, 1.165) is 43.1 Å². The van der Waals surface area contributed by atoms with Crippen LogP contribution in [0, 0.1) is 0 Å². The lowest BCUT2D eigenvalue weighted by atomic mass is 10.3. The molecular formula is C12H17BrN2O2. The number of hydrogen-bond acceptors (Lipinski definition) is 4. The fraction of sp³-hybridized carbons (Fsp3) is 0.500. The number of rotatable bonds is 4. The molecule has 0 atom stereocenters. The molecule has 0 bridgehead atoms. The van der Waals surface area contributed by atoms with Crippen LogP contribution in [0.25, 0.3) is 0 Å². The largest absolute Gasteiger partial charge is 0.492 e. The van der Waals surface area contributed by atoms with E-state index >= 15 is 0 Å². The van der Waals surface area contributed by atoms with Crippen molar-refractivity contribution in [1.29, 1.82) is 0 Å². The van der Waals surface area contributed by atoms with Gasteiger partial charge in [-0.1, -0.05) is 15.9 Å². The van der Waals surface area contributed by atoms with Gasteiger partial charge in [-0.3, -0.25) is 4.90 Å². The number of hydrogen-bond donors (Lipinski definition) is 1. The Kier molecular flexibility index (Phi) is 4.65. The highest BCUT2D eigenvalue weighted by molar-refractivity contribution is 9.10. The van der Waals surface area contributed by atoms with Crippen LogP contribution in [0.3, 0.4) is 0 Å². The lowest BCUT2D eigenvalue weighted by Crippen LogP contribution is -2.38. The van der Waals surface area contributed by atoms with E-state index in [1.165, 1.54) is 0 Å². The van der Waals surface area contributed by atoms with Crippen molar-refractivity contribution >= 4 is 21.6 Å². The normalized spacial score (nSPS) is 17.0. The fourth-order valence-electron chi connectivity index (χ4n) is 1.79. The zero-order valence-electron chi connectivity index (χ0n) is 9.69. The van der Waals surface area contributed by atoms with E-state index in [0.29, 0.717) is 12.3 Å². The average Bonchev–Trinajstić information content (AvgIpc) is 2.29. The van der Waals surface area contributed by atoms with Crippen LogP contribution in [0.2, 0.25) is 0 Å². The van der Waals surface area contributed by atoms with Crippen molar-refractivity contribution < 1.29 is 9.47 Å². The van der Waals surface area contributed by atoms with E-state index in [2.05, 4.69) is 20.8 Å². The van der Waals surface area contributed by atoms with Gasteiger partial charge in [-0.25, -0.2) is 0 Å². The smallest absolute Gasteiger partial charge is 0.122 e. The second-order valence-corrected chi connectivity index (χ2v) is 4.94. The van der Waals surface area contributed by atoms with Crippen molar-refractivity contribution in [3.05, 3.63) is 22.7 Å². The van der Waals surface area contributed by atoms with Crippen LogP contribution in [0.1, 0.15) is 0 Å². The first-order valence-corrected chi connectivity index (χ1v) is 6.52. The van der Waals surface area contributed by atoms with Gasteiger partial charge in [0, 0.05) is 35.9 Å². The summed E-state index contributed by atoms with van der Waals surface area (Å²) in [5, 5.41) is 0. The van der Waals surface area contributed by atoms with Crippen LogP contribution in [-0.4, -0.2) is 44.4 Å². The zero-order valence-corrected chi connectivity index (χ0v) is 11.3. The lowest BCUT2D eigenvalue weighted by Gasteiger charge is -2.26. The second-order valence-electron chi connectivity index (χ2n) is 4.02. The number of benzene rings is 1. The Bertz CT molecular complexity index is 347. The van der Waals surface area contributed by atoms with Gasteiger partial charge >= 0.3 is 0 Å². The standard InChI is InChI=1S/C12H17BrN2O2/c13-10-7-11(14)9-12(8-10)17-6-3-15-1-4-16-5-2-15/h7-9H,1-6,14H2. The molecule has 5 heteroatoms. The summed E-state index contributed by atoms with van der Waals surface area (Å²) in [7, 11) is 0. The molecule has 0 radical (unpaired) electrons. The highest BCUT2D eigenvalue weighted by atomic mass is 79.9. The van der Waals surface area contributed by atoms with E-state index in [4.69, 9.17) is 15.2 Å². The Labute approximate surface area is 110 Å². The van der Waals surface area contributed by atoms with Gasteiger partial charge in [-0.15, -0.1) is 0 Å². The molecule has 1 aromatic rings. The summed E-state index contributed by atoms with van der Waals surface area (Å²) in [5.41, 5.74) is 6.45. The van der Waals surface area contributed by atoms with Gasteiger partial charge < -0.3 is 15.2 Å². The van der Waals surface area contributed by atoms with Gasteiger partial charge in [0.05, 0.1) is 13.2 Å². The lowest BCUT2D eigenvalue weighted by molar-refractivity contribution is 0.0322. The minimum atomic E-state index is 0.676. The Balaban J connectivity index is 1.77. The van der Waals surface area contributed by atoms with Crippen LogP contribution >= 0.6 is 15.9 Å². The molecule has 0 amide bonds. The first-order valence-electron chi connectivity index (χ1n) is 5.73. The third-order valence-corrected chi connectivity index (χ3v) is 3.13. The number of nitrogen functional groups attached to an aromatic ring is 1. The molecule has 17 heavy (non-hydrogen) atoms. The summed E-state index contributed by atoms with van der Waals surface area (Å²) in [6.07, 6.45) is 0. The summed E-state index contributed by atoms with van der Waals surface area (Å²) in [6.45, 7) is 5.23. The Morgan fingerprint density at radius 3 is 2.76 bits per heavy atom. The molecule has 0 saturated carbocycles. The minimum absolute atomic E-state index is 0.676. The van der Waals surface area contributed by atoms with Crippen molar-refractivity contribution in [2.45, 2.75) is 0 Å². The fourth-order valence-corrected chi connectivity index (χ4v) is 2.28. The molecule has 2 N–H and O–H groups in total. The maximum Gasteiger partial charge on any atom is 0.122 e. The molecule has 0 spiro atoms. The molecule has 1 saturated heterocycles. The summed E-state index contributed by atoms with van der Waals surface area (Å²) in [5.74, 6) is 0.810. The Hall–Kier alpha value is -0.780. The molecule has 1 aliphatic heterocycles. The first-order chi connectivity index (χ1) is 8.24. The molecule has 1 aliphatic rings. The number of morpholine rings is 1. The third kappa shape index (κ3) is 4.18. The SMILES string of the molecule is Nc1cc(Br)cc(OCCN2CCOCC2)c1. The average molecular weight is 301 g/mol. The van der Waals surface area contributed by atoms with Crippen LogP contribution in [-0.2, 0) is 4.74 Å². The van der Waals surface area contributed by atoms with E-state index in [-0.39, 0.29) is 0 Å². The number of anilines is 1. The molecule has 1 fully saturated rings. The molecule has 0 unspecified atom stereocenters. The van der Waals surface area contributed by atoms with Crippen LogP contribution in [0.4, 0.5) is 5.69 Å². The van der Waals surface area contributed by atoms with Crippen molar-refractivity contribution in [1.82, 2.24) is 4.90 Å². The molecular weight excluding hydrogens is 284 g/mol. The first kappa shape index (κ1) is 12.7. The Morgan fingerprint density at radius 2 is 2.06 bits per heavy atom. The predicted octanol–water partition coefficient (Wildman–Crippen LogP) is 1.74. The quantitative estimate of drug-likeness (QED) is 0.861. The minimum Gasteiger partial charge on any atom is -0.492 e. The maximum absolute atomic E-state index is 5.74. The third-order valence-electron chi connectivity index (χ3n) is 2.67. The van der Waals surface area contributed by atoms with Gasteiger partial charge in [-0.05, 0) is 12.1 Å². The van der Waals surface area contributed by atoms with Crippen molar-refractivity contribution in [2.75, 3.05) is 45.2 Å². The van der Waals surface area contributed by atoms with Crippen molar-refractivity contribution in [3.8, 4) is 5.75 Å². The number of ether oxygens (including phenoxy) is 2. The van der Waals surface area contributed by atoms with Gasteiger partial charge in [0.2, 0.25) is 0 Å². The predicted molar refractivity (Wildman–Crippen MR) is 71.3 cm³/mol. The van der Waals surface area contributed by atoms with Crippen LogP contribution in [0.15, 0.2) is 22.7 Å². The van der Waals surface area contributed by atoms with Crippen molar-refractivity contribution in [3.63, 3.8) is 0 Å². The van der Waals surface area contributed by atoms with E-state index in [1.54, 1.807) is 0 Å². The molecule has 2 rings (SSSR count). The van der Waals surface area contributed by atoms with Gasteiger partial charge in [-0.2, -0.15) is 0 Å². The maximum atomic E-state index is 5.74. The number of halogens is 1. The molecule has 0 aliphatic carbocycles. The van der Waals surface area contributed by atoms with Crippen LogP contribution in [0.5, 0.6) is 5.75 Å². The Morgan fingerprint density at radius 1 is 1.29 bits per heavy atom. The summed E-state index contributed by atoms with van der Waals surface area (Å²) in [6, 6.07) is 5.62. The monoisotopic (exact) mass is 300 g/mol. The molecule has 1 aromatic carbocycles. The number of nitrogens with two attached hydrogens (primary N) is 1. The second kappa shape index (κ2) is 6.23. The molecule has 1 heterocycles. The summed E-state index contributed by atoms with van der Waals surface area (Å²) in [4.78, 5) is 2.34. The molecule has 0 aromatic heterocycles.